The van der Waals surface area contributed by atoms with E-state index in [9.17, 15) is 0 Å². The Morgan fingerprint density at radius 2 is 1.26 bits per heavy atom. The zero-order valence-electron chi connectivity index (χ0n) is 34.2. The molecule has 61 heavy (non-hydrogen) atoms. The number of aromatic nitrogens is 4. The molecule has 1 aliphatic rings. The van der Waals surface area contributed by atoms with Crippen LogP contribution in [-0.2, 0) is 31.2 Å². The molecule has 300 valence electrons. The number of nitrogens with zero attached hydrogens (tertiary/aromatic N) is 4. The Morgan fingerprint density at radius 1 is 0.623 bits per heavy atom. The average Bonchev–Trinajstić information content (AvgIpc) is 3.95. The predicted octanol–water partition coefficient (Wildman–Crippen LogP) is 13.6. The van der Waals surface area contributed by atoms with Gasteiger partial charge in [0.25, 0.3) is 0 Å². The van der Waals surface area contributed by atoms with Crippen molar-refractivity contribution in [3.8, 4) is 45.3 Å². The van der Waals surface area contributed by atoms with Gasteiger partial charge in [0.05, 0.1) is 0 Å². The van der Waals surface area contributed by atoms with E-state index in [0.717, 1.165) is 49.8 Å². The minimum atomic E-state index is -0.0151. The minimum absolute atomic E-state index is 0.0151. The van der Waals surface area contributed by atoms with Gasteiger partial charge in [-0.3, -0.25) is 0 Å². The SMILES string of the molecule is CC(C)(C)c1ccnc(-n2c3[c-]c(Oc4[c-]c5c(cc4)CCC5n4[c](=[Pt])n(-c5c(-c6ccccc6)cccc5-c5ccccc5)c5ccccc54)ccc3c3ccccc32)c1. The van der Waals surface area contributed by atoms with Crippen LogP contribution in [0.2, 0.25) is 0 Å². The van der Waals surface area contributed by atoms with E-state index < -0.39 is 0 Å². The zero-order chi connectivity index (χ0) is 41.2. The van der Waals surface area contributed by atoms with Gasteiger partial charge < -0.3 is 0 Å². The van der Waals surface area contributed by atoms with Gasteiger partial charge in [0.15, 0.2) is 0 Å². The Kier molecular flexibility index (Phi) is 9.13. The fourth-order valence-electron chi connectivity index (χ4n) is 9.21. The summed E-state index contributed by atoms with van der Waals surface area (Å²) in [7, 11) is 0. The number of aryl methyl sites for hydroxylation is 1. The van der Waals surface area contributed by atoms with Crippen molar-refractivity contribution in [2.75, 3.05) is 0 Å². The third kappa shape index (κ3) is 6.42. The predicted molar refractivity (Wildman–Crippen MR) is 243 cm³/mol. The van der Waals surface area contributed by atoms with E-state index in [4.69, 9.17) is 9.72 Å². The van der Waals surface area contributed by atoms with E-state index in [1.54, 1.807) is 0 Å². The molecule has 0 saturated carbocycles. The van der Waals surface area contributed by atoms with E-state index in [2.05, 4.69) is 224 Å². The van der Waals surface area contributed by atoms with Crippen LogP contribution in [0.4, 0.5) is 0 Å². The topological polar surface area (TPSA) is 36.9 Å². The van der Waals surface area contributed by atoms with Gasteiger partial charge in [-0.2, -0.15) is 0 Å². The van der Waals surface area contributed by atoms with Crippen LogP contribution in [0.25, 0.3) is 66.6 Å². The van der Waals surface area contributed by atoms with Crippen molar-refractivity contribution >= 4 is 32.8 Å². The van der Waals surface area contributed by atoms with Gasteiger partial charge in [0.2, 0.25) is 0 Å². The summed E-state index contributed by atoms with van der Waals surface area (Å²) < 4.78 is 15.1. The number of imidazole rings is 1. The molecule has 1 unspecified atom stereocenters. The van der Waals surface area contributed by atoms with E-state index in [1.807, 2.05) is 12.3 Å². The number of rotatable bonds is 7. The molecule has 5 nitrogen and oxygen atoms in total. The van der Waals surface area contributed by atoms with Gasteiger partial charge in [0, 0.05) is 6.20 Å². The molecule has 0 spiro atoms. The van der Waals surface area contributed by atoms with Gasteiger partial charge in [-0.05, 0) is 29.2 Å². The second-order valence-corrected chi connectivity index (χ2v) is 17.9. The Labute approximate surface area is 366 Å². The first-order valence-electron chi connectivity index (χ1n) is 20.9. The molecule has 6 heteroatoms. The Bertz CT molecular complexity index is 3290. The van der Waals surface area contributed by atoms with Crippen molar-refractivity contribution in [3.05, 3.63) is 203 Å². The normalized spacial score (nSPS) is 14.0. The van der Waals surface area contributed by atoms with Crippen LogP contribution in [0.5, 0.6) is 11.5 Å². The smallest absolute Gasteiger partial charge is 0.0645 e. The average molecular weight is 970 g/mol. The van der Waals surface area contributed by atoms with Crippen LogP contribution >= 0.6 is 0 Å². The van der Waals surface area contributed by atoms with Gasteiger partial charge in [-0.25, -0.2) is 4.98 Å². The van der Waals surface area contributed by atoms with Crippen LogP contribution < -0.4 is 4.74 Å². The Balaban J connectivity index is 1.02. The first-order valence-corrected chi connectivity index (χ1v) is 22.0. The van der Waals surface area contributed by atoms with Crippen molar-refractivity contribution in [2.24, 2.45) is 0 Å². The molecule has 0 N–H and O–H groups in total. The number of pyridine rings is 1. The molecular weight excluding hydrogens is 928 g/mol. The monoisotopic (exact) mass is 969 g/mol. The van der Waals surface area contributed by atoms with E-state index in [1.165, 1.54) is 50.1 Å². The van der Waals surface area contributed by atoms with Gasteiger partial charge >= 0.3 is 289 Å². The molecule has 3 aromatic heterocycles. The van der Waals surface area contributed by atoms with Crippen molar-refractivity contribution < 1.29 is 24.1 Å². The molecule has 10 aromatic rings. The van der Waals surface area contributed by atoms with Crippen molar-refractivity contribution in [2.45, 2.75) is 45.1 Å². The third-order valence-electron chi connectivity index (χ3n) is 12.2. The van der Waals surface area contributed by atoms with Crippen LogP contribution in [0.15, 0.2) is 170 Å². The molecule has 0 amide bonds. The fraction of sp³-hybridized carbons (Fsp3) is 0.127. The molecule has 3 heterocycles. The third-order valence-corrected chi connectivity index (χ3v) is 13.2. The molecular formula is C55H42N4OPt-2. The molecule has 0 radical (unpaired) electrons. The summed E-state index contributed by atoms with van der Waals surface area (Å²) in [6.07, 6.45) is 3.84. The van der Waals surface area contributed by atoms with Gasteiger partial charge in [0.1, 0.15) is 0 Å². The van der Waals surface area contributed by atoms with E-state index in [-0.39, 0.29) is 11.5 Å². The summed E-state index contributed by atoms with van der Waals surface area (Å²) in [6.45, 7) is 6.70. The van der Waals surface area contributed by atoms with Crippen LogP contribution in [0, 0.1) is 15.9 Å². The zero-order valence-corrected chi connectivity index (χ0v) is 36.4. The number of hydrogen-bond acceptors (Lipinski definition) is 2. The summed E-state index contributed by atoms with van der Waals surface area (Å²) >= 11 is 2.56. The van der Waals surface area contributed by atoms with Crippen molar-refractivity contribution in [3.63, 3.8) is 0 Å². The van der Waals surface area contributed by atoms with Crippen molar-refractivity contribution in [1.29, 1.82) is 0 Å². The Morgan fingerprint density at radius 3 is 1.98 bits per heavy atom. The summed E-state index contributed by atoms with van der Waals surface area (Å²) in [4.78, 5) is 4.87. The second-order valence-electron chi connectivity index (χ2n) is 16.9. The number of para-hydroxylation sites is 4. The van der Waals surface area contributed by atoms with Crippen LogP contribution in [-0.4, -0.2) is 18.7 Å². The maximum absolute atomic E-state index is 6.72. The standard InChI is InChI=1S/C55H42N4O.Pt/c1-55(2,3)40-31-32-56-53(33-40)59-49-22-11-10-19-45(49)46-29-28-42(35-52(46)59)60-41-27-25-39-26-30-48(47(39)34-41)57-36-58(51-24-13-12-23-50(51)57)54-43(37-15-6-4-7-16-37)20-14-21-44(54)38-17-8-5-9-18-38;/h4-25,27-29,31-33,48H,26,30H2,1-3H3;/q-2;. The molecule has 1 aliphatic carbocycles. The second kappa shape index (κ2) is 14.9. The fourth-order valence-corrected chi connectivity index (χ4v) is 10.4. The van der Waals surface area contributed by atoms with Gasteiger partial charge in [-0.1, -0.05) is 39.0 Å². The quantitative estimate of drug-likeness (QED) is 0.149. The Hall–Kier alpha value is -6.55. The molecule has 0 bridgehead atoms. The summed E-state index contributed by atoms with van der Waals surface area (Å²) in [6, 6.07) is 65.8. The minimum Gasteiger partial charge on any atom is -0.0645 e. The maximum atomic E-state index is 6.72. The van der Waals surface area contributed by atoms with E-state index in [0.29, 0.717) is 11.5 Å². The first kappa shape index (κ1) is 37.4. The molecule has 0 aliphatic heterocycles. The van der Waals surface area contributed by atoms with Gasteiger partial charge in [-0.15, -0.1) is 0 Å². The molecule has 0 saturated heterocycles. The molecule has 11 rings (SSSR count). The van der Waals surface area contributed by atoms with E-state index >= 15 is 0 Å². The van der Waals surface area contributed by atoms with Crippen LogP contribution in [0.3, 0.4) is 0 Å². The number of benzene rings is 7. The number of hydrogen-bond donors (Lipinski definition) is 0. The number of fused-ring (bicyclic) bond motifs is 5. The summed E-state index contributed by atoms with van der Waals surface area (Å²) in [5, 5.41) is 2.26. The molecule has 7 aromatic carbocycles. The molecule has 1 atom stereocenters. The molecule has 0 fully saturated rings. The van der Waals surface area contributed by atoms with Crippen LogP contribution in [0.1, 0.15) is 49.9 Å². The summed E-state index contributed by atoms with van der Waals surface area (Å²) in [5.41, 5.74) is 14.0. The number of ether oxygens (including phenoxy) is 1. The summed E-state index contributed by atoms with van der Waals surface area (Å²) in [5.74, 6) is 2.18. The van der Waals surface area contributed by atoms with Crippen molar-refractivity contribution in [1.82, 2.24) is 18.7 Å². The first-order chi connectivity index (χ1) is 29.8.